The predicted octanol–water partition coefficient (Wildman–Crippen LogP) is 0.829. The summed E-state index contributed by atoms with van der Waals surface area (Å²) in [5.74, 6) is 0. The maximum absolute atomic E-state index is 11.6. The van der Waals surface area contributed by atoms with Crippen LogP contribution in [-0.2, 0) is 10.0 Å². The van der Waals surface area contributed by atoms with Gasteiger partial charge in [0.05, 0.1) is 12.3 Å². The van der Waals surface area contributed by atoms with Crippen LogP contribution in [0.1, 0.15) is 19.8 Å². The van der Waals surface area contributed by atoms with E-state index in [2.05, 4.69) is 0 Å². The van der Waals surface area contributed by atoms with Crippen LogP contribution in [0.4, 0.5) is 0 Å². The zero-order valence-electron chi connectivity index (χ0n) is 9.18. The molecule has 0 amide bonds. The van der Waals surface area contributed by atoms with E-state index in [1.54, 1.807) is 0 Å². The second kappa shape index (κ2) is 4.81. The average molecular weight is 230 g/mol. The first-order chi connectivity index (χ1) is 7.00. The number of rotatable bonds is 4. The van der Waals surface area contributed by atoms with Crippen LogP contribution >= 0.6 is 0 Å². The lowest BCUT2D eigenvalue weighted by Gasteiger charge is -2.32. The third-order valence-corrected chi connectivity index (χ3v) is 3.53. The van der Waals surface area contributed by atoms with Gasteiger partial charge in [0.15, 0.2) is 0 Å². The molecule has 1 rings (SSSR count). The number of hydrogen-bond donors (Lipinski definition) is 1. The molecule has 0 aromatic rings. The van der Waals surface area contributed by atoms with E-state index in [9.17, 15) is 8.42 Å². The third-order valence-electron chi connectivity index (χ3n) is 2.31. The van der Waals surface area contributed by atoms with E-state index in [0.29, 0.717) is 6.54 Å². The van der Waals surface area contributed by atoms with Crippen LogP contribution in [0.2, 0.25) is 0 Å². The van der Waals surface area contributed by atoms with Crippen molar-refractivity contribution in [1.29, 1.82) is 0 Å². The Kier molecular flexibility index (Phi) is 3.93. The SMILES string of the molecule is CCCC1=CC=CC(CN)N1S(C)(=O)=O. The molecule has 86 valence electrons. The Morgan fingerprint density at radius 1 is 1.53 bits per heavy atom. The molecule has 1 unspecified atom stereocenters. The molecule has 0 saturated carbocycles. The fourth-order valence-electron chi connectivity index (χ4n) is 1.74. The molecule has 1 aliphatic rings. The van der Waals surface area contributed by atoms with Gasteiger partial charge in [0, 0.05) is 12.2 Å². The highest BCUT2D eigenvalue weighted by Gasteiger charge is 2.27. The number of hydrogen-bond acceptors (Lipinski definition) is 3. The highest BCUT2D eigenvalue weighted by atomic mass is 32.2. The maximum Gasteiger partial charge on any atom is 0.232 e. The van der Waals surface area contributed by atoms with Gasteiger partial charge in [-0.1, -0.05) is 25.5 Å². The summed E-state index contributed by atoms with van der Waals surface area (Å²) in [6, 6.07) is -0.230. The molecule has 0 aromatic heterocycles. The monoisotopic (exact) mass is 230 g/mol. The second-order valence-corrected chi connectivity index (χ2v) is 5.51. The van der Waals surface area contributed by atoms with Crippen molar-refractivity contribution in [3.05, 3.63) is 23.9 Å². The molecule has 4 nitrogen and oxygen atoms in total. The summed E-state index contributed by atoms with van der Waals surface area (Å²) in [5.41, 5.74) is 6.40. The molecule has 0 bridgehead atoms. The van der Waals surface area contributed by atoms with Crippen LogP contribution < -0.4 is 5.73 Å². The largest absolute Gasteiger partial charge is 0.328 e. The molecule has 0 fully saturated rings. The fraction of sp³-hybridized carbons (Fsp3) is 0.600. The van der Waals surface area contributed by atoms with Gasteiger partial charge in [-0.25, -0.2) is 8.42 Å². The van der Waals surface area contributed by atoms with Crippen molar-refractivity contribution in [2.24, 2.45) is 5.73 Å². The molecule has 0 saturated heterocycles. The van der Waals surface area contributed by atoms with Gasteiger partial charge in [-0.2, -0.15) is 0 Å². The van der Waals surface area contributed by atoms with Crippen molar-refractivity contribution in [2.45, 2.75) is 25.8 Å². The Morgan fingerprint density at radius 2 is 2.20 bits per heavy atom. The van der Waals surface area contributed by atoms with Crippen molar-refractivity contribution in [3.63, 3.8) is 0 Å². The first-order valence-corrected chi connectivity index (χ1v) is 6.92. The molecule has 1 heterocycles. The topological polar surface area (TPSA) is 63.4 Å². The summed E-state index contributed by atoms with van der Waals surface area (Å²) < 4.78 is 24.7. The molecular weight excluding hydrogens is 212 g/mol. The van der Waals surface area contributed by atoms with E-state index in [1.165, 1.54) is 10.6 Å². The molecule has 2 N–H and O–H groups in total. The average Bonchev–Trinajstić information content (AvgIpc) is 2.16. The summed E-state index contributed by atoms with van der Waals surface area (Å²) >= 11 is 0. The van der Waals surface area contributed by atoms with Gasteiger partial charge in [0.2, 0.25) is 10.0 Å². The van der Waals surface area contributed by atoms with Gasteiger partial charge >= 0.3 is 0 Å². The summed E-state index contributed by atoms with van der Waals surface area (Å²) in [6.45, 7) is 2.34. The van der Waals surface area contributed by atoms with Crippen molar-refractivity contribution in [1.82, 2.24) is 4.31 Å². The van der Waals surface area contributed by atoms with E-state index < -0.39 is 10.0 Å². The summed E-state index contributed by atoms with van der Waals surface area (Å²) in [7, 11) is -3.22. The van der Waals surface area contributed by atoms with E-state index in [1.807, 2.05) is 25.2 Å². The summed E-state index contributed by atoms with van der Waals surface area (Å²) in [6.07, 6.45) is 8.44. The van der Waals surface area contributed by atoms with E-state index in [4.69, 9.17) is 5.73 Å². The number of nitrogens with zero attached hydrogens (tertiary/aromatic N) is 1. The lowest BCUT2D eigenvalue weighted by molar-refractivity contribution is 0.414. The number of sulfonamides is 1. The van der Waals surface area contributed by atoms with Crippen molar-refractivity contribution in [2.75, 3.05) is 12.8 Å². The Balaban J connectivity index is 3.03. The van der Waals surface area contributed by atoms with Crippen molar-refractivity contribution < 1.29 is 8.42 Å². The Hall–Kier alpha value is -0.810. The molecule has 0 spiro atoms. The third kappa shape index (κ3) is 2.82. The van der Waals surface area contributed by atoms with Gasteiger partial charge in [-0.15, -0.1) is 0 Å². The first kappa shape index (κ1) is 12.3. The van der Waals surface area contributed by atoms with Crippen LogP contribution in [0, 0.1) is 0 Å². The standard InChI is InChI=1S/C10H18N2O2S/c1-3-5-9-6-4-7-10(8-11)12(9)15(2,13)14/h4,6-7,10H,3,5,8,11H2,1-2H3. The Bertz CT molecular complexity index is 371. The van der Waals surface area contributed by atoms with E-state index >= 15 is 0 Å². The van der Waals surface area contributed by atoms with Gasteiger partial charge < -0.3 is 5.73 Å². The molecule has 0 aromatic carbocycles. The summed E-state index contributed by atoms with van der Waals surface area (Å²) in [5, 5.41) is 0. The van der Waals surface area contributed by atoms with Gasteiger partial charge in [-0.05, 0) is 12.5 Å². The molecule has 0 aliphatic carbocycles. The summed E-state index contributed by atoms with van der Waals surface area (Å²) in [4.78, 5) is 0. The maximum atomic E-state index is 11.6. The van der Waals surface area contributed by atoms with Crippen LogP contribution in [0.25, 0.3) is 0 Å². The minimum atomic E-state index is -3.22. The van der Waals surface area contributed by atoms with E-state index in [0.717, 1.165) is 18.5 Å². The number of nitrogens with two attached hydrogens (primary N) is 1. The van der Waals surface area contributed by atoms with Gasteiger partial charge in [0.1, 0.15) is 0 Å². The van der Waals surface area contributed by atoms with Gasteiger partial charge in [0.25, 0.3) is 0 Å². The minimum absolute atomic E-state index is 0.230. The Morgan fingerprint density at radius 3 is 2.67 bits per heavy atom. The number of allylic oxidation sites excluding steroid dienone is 3. The molecule has 0 radical (unpaired) electrons. The van der Waals surface area contributed by atoms with Crippen LogP contribution in [0.5, 0.6) is 0 Å². The zero-order chi connectivity index (χ0) is 11.5. The molecule has 15 heavy (non-hydrogen) atoms. The smallest absolute Gasteiger partial charge is 0.232 e. The molecular formula is C10H18N2O2S. The second-order valence-electron chi connectivity index (χ2n) is 3.65. The molecule has 5 heteroatoms. The normalized spacial score (nSPS) is 21.7. The predicted molar refractivity (Wildman–Crippen MR) is 61.7 cm³/mol. The minimum Gasteiger partial charge on any atom is -0.328 e. The van der Waals surface area contributed by atoms with Crippen molar-refractivity contribution in [3.8, 4) is 0 Å². The fourth-order valence-corrected chi connectivity index (χ4v) is 2.97. The van der Waals surface area contributed by atoms with Crippen LogP contribution in [-0.4, -0.2) is 31.6 Å². The highest BCUT2D eigenvalue weighted by Crippen LogP contribution is 2.22. The lowest BCUT2D eigenvalue weighted by atomic mass is 10.1. The quantitative estimate of drug-likeness (QED) is 0.778. The molecule has 1 aliphatic heterocycles. The Labute approximate surface area is 91.5 Å². The van der Waals surface area contributed by atoms with Gasteiger partial charge in [-0.3, -0.25) is 4.31 Å². The van der Waals surface area contributed by atoms with Crippen molar-refractivity contribution >= 4 is 10.0 Å². The van der Waals surface area contributed by atoms with Crippen LogP contribution in [0.3, 0.4) is 0 Å². The van der Waals surface area contributed by atoms with E-state index in [-0.39, 0.29) is 6.04 Å². The zero-order valence-corrected chi connectivity index (χ0v) is 10.00. The lowest BCUT2D eigenvalue weighted by Crippen LogP contribution is -2.43. The molecule has 1 atom stereocenters. The van der Waals surface area contributed by atoms with Crippen LogP contribution in [0.15, 0.2) is 23.9 Å². The highest BCUT2D eigenvalue weighted by molar-refractivity contribution is 7.88. The first-order valence-electron chi connectivity index (χ1n) is 5.07.